The van der Waals surface area contributed by atoms with E-state index in [0.717, 1.165) is 47.8 Å². The predicted molar refractivity (Wildman–Crippen MR) is 117 cm³/mol. The van der Waals surface area contributed by atoms with Crippen molar-refractivity contribution in [2.24, 2.45) is 0 Å². The molecule has 30 heavy (non-hydrogen) atoms. The average molecular weight is 431 g/mol. The lowest BCUT2D eigenvalue weighted by Gasteiger charge is -2.40. The number of ether oxygens (including phenoxy) is 1. The highest BCUT2D eigenvalue weighted by molar-refractivity contribution is 7.20. The van der Waals surface area contributed by atoms with Gasteiger partial charge in [0, 0.05) is 30.6 Å². The fourth-order valence-corrected chi connectivity index (χ4v) is 4.84. The number of halogens is 1. The summed E-state index contributed by atoms with van der Waals surface area (Å²) in [6.45, 7) is 10.6. The van der Waals surface area contributed by atoms with Gasteiger partial charge >= 0.3 is 0 Å². The van der Waals surface area contributed by atoms with E-state index < -0.39 is 0 Å². The maximum atomic E-state index is 13.2. The highest BCUT2D eigenvalue weighted by atomic mass is 32.1. The van der Waals surface area contributed by atoms with Gasteiger partial charge in [0.15, 0.2) is 0 Å². The van der Waals surface area contributed by atoms with E-state index in [4.69, 9.17) is 4.74 Å². The summed E-state index contributed by atoms with van der Waals surface area (Å²) < 4.78 is 20.5. The van der Waals surface area contributed by atoms with Crippen LogP contribution in [0.4, 0.5) is 4.39 Å². The number of morpholine rings is 1. The summed E-state index contributed by atoms with van der Waals surface area (Å²) in [6.07, 6.45) is 0. The molecule has 1 amide bonds. The standard InChI is InChI=1S/C22H27FN4O2S/c1-15-18-12-19(20(28)24-14-22(2,3)26-8-10-29-11-9-26)30-21(18)27(25-15)13-16-4-6-17(23)7-5-16/h4-7,12H,8-11,13-14H2,1-3H3,(H,24,28). The van der Waals surface area contributed by atoms with Crippen molar-refractivity contribution in [3.8, 4) is 0 Å². The molecule has 0 bridgehead atoms. The molecule has 0 radical (unpaired) electrons. The smallest absolute Gasteiger partial charge is 0.261 e. The van der Waals surface area contributed by atoms with Crippen LogP contribution in [0.2, 0.25) is 0 Å². The van der Waals surface area contributed by atoms with Gasteiger partial charge in [-0.1, -0.05) is 12.1 Å². The van der Waals surface area contributed by atoms with Gasteiger partial charge < -0.3 is 10.1 Å². The predicted octanol–water partition coefficient (Wildman–Crippen LogP) is 3.43. The van der Waals surface area contributed by atoms with Crippen LogP contribution in [0.15, 0.2) is 30.3 Å². The van der Waals surface area contributed by atoms with Gasteiger partial charge in [0.05, 0.1) is 30.3 Å². The van der Waals surface area contributed by atoms with Gasteiger partial charge in [-0.3, -0.25) is 14.4 Å². The molecule has 0 saturated carbocycles. The Morgan fingerprint density at radius 2 is 1.97 bits per heavy atom. The molecule has 1 N–H and O–H groups in total. The Bertz CT molecular complexity index is 1040. The molecule has 1 fully saturated rings. The third-order valence-electron chi connectivity index (χ3n) is 5.63. The molecule has 1 aliphatic rings. The molecule has 2 aromatic heterocycles. The summed E-state index contributed by atoms with van der Waals surface area (Å²) in [7, 11) is 0. The summed E-state index contributed by atoms with van der Waals surface area (Å²) >= 11 is 1.44. The maximum absolute atomic E-state index is 13.2. The lowest BCUT2D eigenvalue weighted by Crippen LogP contribution is -2.55. The van der Waals surface area contributed by atoms with Crippen molar-refractivity contribution in [3.05, 3.63) is 52.3 Å². The number of rotatable bonds is 6. The Hall–Kier alpha value is -2.29. The van der Waals surface area contributed by atoms with E-state index in [0.29, 0.717) is 18.0 Å². The summed E-state index contributed by atoms with van der Waals surface area (Å²) in [5, 5.41) is 8.68. The van der Waals surface area contributed by atoms with E-state index in [1.165, 1.54) is 23.5 Å². The summed E-state index contributed by atoms with van der Waals surface area (Å²) in [5.41, 5.74) is 1.72. The van der Waals surface area contributed by atoms with Crippen LogP contribution < -0.4 is 5.32 Å². The van der Waals surface area contributed by atoms with Gasteiger partial charge in [-0.15, -0.1) is 11.3 Å². The number of hydrogen-bond acceptors (Lipinski definition) is 5. The first kappa shape index (κ1) is 21.0. The highest BCUT2D eigenvalue weighted by Crippen LogP contribution is 2.29. The number of amides is 1. The molecule has 0 aliphatic carbocycles. The van der Waals surface area contributed by atoms with E-state index in [1.54, 1.807) is 12.1 Å². The molecular weight excluding hydrogens is 403 g/mol. The molecule has 1 aromatic carbocycles. The molecule has 1 aliphatic heterocycles. The molecule has 1 saturated heterocycles. The Labute approximate surface area is 179 Å². The van der Waals surface area contributed by atoms with Crippen molar-refractivity contribution in [2.45, 2.75) is 32.9 Å². The first-order valence-electron chi connectivity index (χ1n) is 10.2. The molecule has 0 spiro atoms. The van der Waals surface area contributed by atoms with Gasteiger partial charge in [0.2, 0.25) is 0 Å². The number of aromatic nitrogens is 2. The van der Waals surface area contributed by atoms with Crippen molar-refractivity contribution in [1.82, 2.24) is 20.0 Å². The quantitative estimate of drug-likeness (QED) is 0.651. The van der Waals surface area contributed by atoms with Gasteiger partial charge in [-0.25, -0.2) is 4.39 Å². The summed E-state index contributed by atoms with van der Waals surface area (Å²) in [6, 6.07) is 8.33. The topological polar surface area (TPSA) is 59.4 Å². The fourth-order valence-electron chi connectivity index (χ4n) is 3.76. The second-order valence-electron chi connectivity index (χ2n) is 8.29. The number of carbonyl (C=O) groups is 1. The number of hydrogen-bond donors (Lipinski definition) is 1. The van der Waals surface area contributed by atoms with Gasteiger partial charge in [0.25, 0.3) is 5.91 Å². The lowest BCUT2D eigenvalue weighted by atomic mass is 10.0. The second-order valence-corrected chi connectivity index (χ2v) is 9.32. The zero-order valence-corrected chi connectivity index (χ0v) is 18.4. The molecule has 0 unspecified atom stereocenters. The van der Waals surface area contributed by atoms with E-state index in [-0.39, 0.29) is 17.3 Å². The summed E-state index contributed by atoms with van der Waals surface area (Å²) in [4.78, 5) is 16.8. The van der Waals surface area contributed by atoms with Crippen LogP contribution in [0.25, 0.3) is 10.2 Å². The van der Waals surface area contributed by atoms with Crippen molar-refractivity contribution in [1.29, 1.82) is 0 Å². The van der Waals surface area contributed by atoms with Crippen molar-refractivity contribution in [3.63, 3.8) is 0 Å². The molecule has 8 heteroatoms. The van der Waals surface area contributed by atoms with Crippen LogP contribution in [-0.4, -0.2) is 59.0 Å². The van der Waals surface area contributed by atoms with Crippen molar-refractivity contribution < 1.29 is 13.9 Å². The Kier molecular flexibility index (Phi) is 5.90. The second kappa shape index (κ2) is 8.45. The van der Waals surface area contributed by atoms with Gasteiger partial charge in [-0.05, 0) is 44.5 Å². The first-order valence-corrected chi connectivity index (χ1v) is 11.0. The highest BCUT2D eigenvalue weighted by Gasteiger charge is 2.29. The zero-order valence-electron chi connectivity index (χ0n) is 17.6. The minimum absolute atomic E-state index is 0.0646. The Morgan fingerprint density at radius 1 is 1.27 bits per heavy atom. The summed E-state index contributed by atoms with van der Waals surface area (Å²) in [5.74, 6) is -0.319. The SMILES string of the molecule is Cc1nn(Cc2ccc(F)cc2)c2sc(C(=O)NCC(C)(C)N3CCOCC3)cc12. The molecule has 6 nitrogen and oxygen atoms in total. The third-order valence-corrected chi connectivity index (χ3v) is 6.77. The first-order chi connectivity index (χ1) is 14.3. The molecular formula is C22H27FN4O2S. The fraction of sp³-hybridized carbons (Fsp3) is 0.455. The van der Waals surface area contributed by atoms with E-state index >= 15 is 0 Å². The number of thiophene rings is 1. The van der Waals surface area contributed by atoms with Crippen molar-refractivity contribution in [2.75, 3.05) is 32.8 Å². The number of aryl methyl sites for hydroxylation is 1. The zero-order chi connectivity index (χ0) is 21.3. The minimum Gasteiger partial charge on any atom is -0.379 e. The van der Waals surface area contributed by atoms with E-state index in [9.17, 15) is 9.18 Å². The van der Waals surface area contributed by atoms with Crippen LogP contribution in [0, 0.1) is 12.7 Å². The minimum atomic E-state index is -0.254. The molecule has 0 atom stereocenters. The van der Waals surface area contributed by atoms with Crippen LogP contribution in [-0.2, 0) is 11.3 Å². The number of benzene rings is 1. The molecule has 4 rings (SSSR count). The van der Waals surface area contributed by atoms with Crippen LogP contribution in [0.1, 0.15) is 34.8 Å². The van der Waals surface area contributed by atoms with Crippen LogP contribution in [0.5, 0.6) is 0 Å². The average Bonchev–Trinajstić information content (AvgIpc) is 3.30. The lowest BCUT2D eigenvalue weighted by molar-refractivity contribution is -0.00922. The Morgan fingerprint density at radius 3 is 2.67 bits per heavy atom. The number of fused-ring (bicyclic) bond motifs is 1. The Balaban J connectivity index is 1.47. The monoisotopic (exact) mass is 430 g/mol. The molecule has 3 heterocycles. The number of nitrogens with one attached hydrogen (secondary N) is 1. The van der Waals surface area contributed by atoms with Crippen molar-refractivity contribution >= 4 is 27.5 Å². The van der Waals surface area contributed by atoms with Gasteiger partial charge in [-0.2, -0.15) is 5.10 Å². The van der Waals surface area contributed by atoms with Crippen LogP contribution in [0.3, 0.4) is 0 Å². The van der Waals surface area contributed by atoms with E-state index in [1.807, 2.05) is 17.7 Å². The van der Waals surface area contributed by atoms with Gasteiger partial charge in [0.1, 0.15) is 10.6 Å². The number of carbonyl (C=O) groups excluding carboxylic acids is 1. The van der Waals surface area contributed by atoms with E-state index in [2.05, 4.69) is 29.2 Å². The van der Waals surface area contributed by atoms with Crippen LogP contribution >= 0.6 is 11.3 Å². The number of nitrogens with zero attached hydrogens (tertiary/aromatic N) is 3. The maximum Gasteiger partial charge on any atom is 0.261 e. The molecule has 3 aromatic rings. The largest absolute Gasteiger partial charge is 0.379 e. The molecule has 160 valence electrons. The normalized spacial score (nSPS) is 15.6. The third kappa shape index (κ3) is 4.40.